The van der Waals surface area contributed by atoms with Gasteiger partial charge in [-0.25, -0.2) is 12.7 Å². The van der Waals surface area contributed by atoms with Crippen molar-refractivity contribution in [2.75, 3.05) is 0 Å². The van der Waals surface area contributed by atoms with Crippen molar-refractivity contribution in [1.29, 1.82) is 0 Å². The summed E-state index contributed by atoms with van der Waals surface area (Å²) in [5.41, 5.74) is 0.868. The van der Waals surface area contributed by atoms with Crippen LogP contribution in [-0.4, -0.2) is 32.7 Å². The van der Waals surface area contributed by atoms with Gasteiger partial charge in [0.15, 0.2) is 0 Å². The van der Waals surface area contributed by atoms with Crippen LogP contribution in [0.15, 0.2) is 29.2 Å². The Bertz CT molecular complexity index is 707. The van der Waals surface area contributed by atoms with Gasteiger partial charge < -0.3 is 0 Å². The number of carbonyl (C=O) groups is 1. The van der Waals surface area contributed by atoms with Gasteiger partial charge in [-0.3, -0.25) is 4.79 Å². The molecule has 1 heterocycles. The Morgan fingerprint density at radius 1 is 1.04 bits per heavy atom. The highest BCUT2D eigenvalue weighted by atomic mass is 32.2. The minimum Gasteiger partial charge on any atom is -0.274 e. The SMILES string of the molecule is CC[C@H]1C([Si](C)(C)C)C(=O)N(S(=O)(=O)c2ccc(C)cc2)[C@H]1CC. The van der Waals surface area contributed by atoms with Crippen molar-refractivity contribution in [1.82, 2.24) is 4.31 Å². The molecule has 134 valence electrons. The molecule has 0 saturated carbocycles. The maximum Gasteiger partial charge on any atom is 0.266 e. The minimum atomic E-state index is -3.80. The number of hydrogen-bond acceptors (Lipinski definition) is 3. The Morgan fingerprint density at radius 2 is 1.58 bits per heavy atom. The predicted octanol–water partition coefficient (Wildman–Crippen LogP) is 4.04. The third kappa shape index (κ3) is 3.18. The molecule has 1 aliphatic heterocycles. The quantitative estimate of drug-likeness (QED) is 0.738. The van der Waals surface area contributed by atoms with Crippen LogP contribution in [0.25, 0.3) is 0 Å². The van der Waals surface area contributed by atoms with E-state index in [1.165, 1.54) is 4.31 Å². The van der Waals surface area contributed by atoms with E-state index >= 15 is 0 Å². The van der Waals surface area contributed by atoms with Gasteiger partial charge in [0.1, 0.15) is 0 Å². The summed E-state index contributed by atoms with van der Waals surface area (Å²) in [7, 11) is -5.61. The van der Waals surface area contributed by atoms with Gasteiger partial charge in [0.25, 0.3) is 10.0 Å². The molecule has 1 aromatic carbocycles. The summed E-state index contributed by atoms with van der Waals surface area (Å²) in [4.78, 5) is 13.4. The molecule has 2 rings (SSSR count). The summed E-state index contributed by atoms with van der Waals surface area (Å²) in [6, 6.07) is 6.54. The molecule has 6 heteroatoms. The number of hydrogen-bond donors (Lipinski definition) is 0. The molecule has 1 unspecified atom stereocenters. The highest BCUT2D eigenvalue weighted by molar-refractivity contribution is 7.89. The predicted molar refractivity (Wildman–Crippen MR) is 100 cm³/mol. The average molecular weight is 368 g/mol. The summed E-state index contributed by atoms with van der Waals surface area (Å²) < 4.78 is 27.6. The fourth-order valence-electron chi connectivity index (χ4n) is 3.99. The molecule has 1 fully saturated rings. The van der Waals surface area contributed by atoms with Gasteiger partial charge in [-0.05, 0) is 31.4 Å². The van der Waals surface area contributed by atoms with Gasteiger partial charge >= 0.3 is 0 Å². The van der Waals surface area contributed by atoms with Gasteiger partial charge in [0, 0.05) is 5.54 Å². The first-order valence-corrected chi connectivity index (χ1v) is 13.7. The molecule has 1 amide bonds. The molecule has 0 N–H and O–H groups in total. The lowest BCUT2D eigenvalue weighted by atomic mass is 9.95. The Kier molecular flexibility index (Phi) is 5.30. The molecule has 0 spiro atoms. The molecular weight excluding hydrogens is 338 g/mol. The zero-order valence-electron chi connectivity index (χ0n) is 15.5. The number of rotatable bonds is 5. The smallest absolute Gasteiger partial charge is 0.266 e. The van der Waals surface area contributed by atoms with Crippen molar-refractivity contribution >= 4 is 24.0 Å². The van der Waals surface area contributed by atoms with E-state index in [4.69, 9.17) is 0 Å². The highest BCUT2D eigenvalue weighted by Crippen LogP contribution is 2.46. The number of aryl methyl sites for hydroxylation is 1. The molecule has 0 bridgehead atoms. The molecule has 0 aliphatic carbocycles. The Labute approximate surface area is 147 Å². The van der Waals surface area contributed by atoms with Crippen LogP contribution in [0.2, 0.25) is 25.2 Å². The molecule has 24 heavy (non-hydrogen) atoms. The zero-order chi connectivity index (χ0) is 18.3. The van der Waals surface area contributed by atoms with Crippen LogP contribution in [0.1, 0.15) is 32.3 Å². The molecule has 4 nitrogen and oxygen atoms in total. The highest BCUT2D eigenvalue weighted by Gasteiger charge is 2.55. The van der Waals surface area contributed by atoms with Crippen LogP contribution in [0.3, 0.4) is 0 Å². The van der Waals surface area contributed by atoms with Crippen LogP contribution in [-0.2, 0) is 14.8 Å². The molecule has 1 aliphatic rings. The minimum absolute atomic E-state index is 0.120. The lowest BCUT2D eigenvalue weighted by molar-refractivity contribution is -0.124. The second-order valence-electron chi connectivity index (χ2n) is 7.84. The van der Waals surface area contributed by atoms with Crippen LogP contribution in [0.5, 0.6) is 0 Å². The average Bonchev–Trinajstić information content (AvgIpc) is 2.79. The van der Waals surface area contributed by atoms with Gasteiger partial charge in [0.05, 0.1) is 19.0 Å². The summed E-state index contributed by atoms with van der Waals surface area (Å²) >= 11 is 0. The second-order valence-corrected chi connectivity index (χ2v) is 15.0. The van der Waals surface area contributed by atoms with E-state index < -0.39 is 18.1 Å². The second kappa shape index (κ2) is 6.63. The van der Waals surface area contributed by atoms with Crippen molar-refractivity contribution < 1.29 is 13.2 Å². The first-order chi connectivity index (χ1) is 11.1. The standard InChI is InChI=1S/C18H29NO3SSi/c1-7-15-16(8-2)19(18(20)17(15)24(4,5)6)23(21,22)14-11-9-13(3)10-12-14/h9-12,15-17H,7-8H2,1-6H3/t15-,16+,17?/m1/s1. The van der Waals surface area contributed by atoms with Crippen LogP contribution in [0.4, 0.5) is 0 Å². The van der Waals surface area contributed by atoms with Crippen LogP contribution >= 0.6 is 0 Å². The van der Waals surface area contributed by atoms with Gasteiger partial charge in [-0.15, -0.1) is 0 Å². The summed E-state index contributed by atoms with van der Waals surface area (Å²) in [6.45, 7) is 12.4. The molecule has 3 atom stereocenters. The fraction of sp³-hybridized carbons (Fsp3) is 0.611. The van der Waals surface area contributed by atoms with E-state index in [-0.39, 0.29) is 28.3 Å². The Hall–Kier alpha value is -1.14. The van der Waals surface area contributed by atoms with Crippen LogP contribution < -0.4 is 0 Å². The first kappa shape index (κ1) is 19.2. The lowest BCUT2D eigenvalue weighted by Crippen LogP contribution is -2.41. The molecule has 0 aromatic heterocycles. The van der Waals surface area contributed by atoms with Crippen molar-refractivity contribution in [3.8, 4) is 0 Å². The summed E-state index contributed by atoms with van der Waals surface area (Å²) in [5.74, 6) is -0.0668. The first-order valence-electron chi connectivity index (χ1n) is 8.70. The van der Waals surface area contributed by atoms with E-state index in [0.29, 0.717) is 6.42 Å². The maximum atomic E-state index is 13.2. The lowest BCUT2D eigenvalue weighted by Gasteiger charge is -2.29. The Balaban J connectivity index is 2.55. The van der Waals surface area contributed by atoms with E-state index in [1.807, 2.05) is 13.8 Å². The topological polar surface area (TPSA) is 54.5 Å². The normalized spacial score (nSPS) is 25.3. The van der Waals surface area contributed by atoms with Crippen molar-refractivity contribution in [3.63, 3.8) is 0 Å². The van der Waals surface area contributed by atoms with Crippen molar-refractivity contribution in [2.24, 2.45) is 5.92 Å². The number of amides is 1. The van der Waals surface area contributed by atoms with Crippen LogP contribution in [0, 0.1) is 12.8 Å². The van der Waals surface area contributed by atoms with E-state index in [1.54, 1.807) is 24.3 Å². The molecule has 1 saturated heterocycles. The summed E-state index contributed by atoms with van der Waals surface area (Å²) in [6.07, 6.45) is 1.50. The number of nitrogens with zero attached hydrogens (tertiary/aromatic N) is 1. The van der Waals surface area contributed by atoms with Crippen molar-refractivity contribution in [3.05, 3.63) is 29.8 Å². The van der Waals surface area contributed by atoms with E-state index in [9.17, 15) is 13.2 Å². The zero-order valence-corrected chi connectivity index (χ0v) is 17.4. The molecule has 0 radical (unpaired) electrons. The van der Waals surface area contributed by atoms with Crippen molar-refractivity contribution in [2.45, 2.75) is 69.7 Å². The molecular formula is C18H29NO3SSi. The van der Waals surface area contributed by atoms with E-state index in [0.717, 1.165) is 12.0 Å². The van der Waals surface area contributed by atoms with Gasteiger partial charge in [-0.2, -0.15) is 0 Å². The number of sulfonamides is 1. The van der Waals surface area contributed by atoms with Gasteiger partial charge in [-0.1, -0.05) is 57.6 Å². The van der Waals surface area contributed by atoms with E-state index in [2.05, 4.69) is 26.6 Å². The fourth-order valence-corrected chi connectivity index (χ4v) is 8.42. The molecule has 1 aromatic rings. The largest absolute Gasteiger partial charge is 0.274 e. The third-order valence-electron chi connectivity index (χ3n) is 5.11. The third-order valence-corrected chi connectivity index (χ3v) is 9.48. The monoisotopic (exact) mass is 367 g/mol. The van der Waals surface area contributed by atoms with Gasteiger partial charge in [0.2, 0.25) is 5.91 Å². The Morgan fingerprint density at radius 3 is 2.00 bits per heavy atom. The number of carbonyl (C=O) groups excluding carboxylic acids is 1. The number of benzene rings is 1. The summed E-state index contributed by atoms with van der Waals surface area (Å²) in [5, 5.41) is 0. The maximum absolute atomic E-state index is 13.2.